The zero-order valence-electron chi connectivity index (χ0n) is 24.0. The summed E-state index contributed by atoms with van der Waals surface area (Å²) in [6, 6.07) is 22.7. The molecule has 3 amide bonds. The molecular weight excluding hydrogens is 548 g/mol. The van der Waals surface area contributed by atoms with Crippen molar-refractivity contribution in [3.05, 3.63) is 107 Å². The van der Waals surface area contributed by atoms with Crippen LogP contribution in [0.15, 0.2) is 85.1 Å². The first kappa shape index (κ1) is 29.4. The van der Waals surface area contributed by atoms with Crippen molar-refractivity contribution >= 4 is 40.4 Å². The Bertz CT molecular complexity index is 1590. The molecule has 3 atom stereocenters. The second-order valence-electron chi connectivity index (χ2n) is 11.2. The van der Waals surface area contributed by atoms with E-state index in [0.29, 0.717) is 12.1 Å². The number of hydrogen-bond acceptors (Lipinski definition) is 5. The Kier molecular flexibility index (Phi) is 8.70. The number of hydrogen-bond donors (Lipinski definition) is 4. The average molecular weight is 585 g/mol. The number of aromatic nitrogens is 1. The highest BCUT2D eigenvalue weighted by atomic mass is 32.2. The number of thioether (sulfide) groups is 1. The van der Waals surface area contributed by atoms with Crippen LogP contribution in [0, 0.1) is 6.92 Å². The van der Waals surface area contributed by atoms with E-state index in [1.54, 1.807) is 18.3 Å². The number of nitrogens with one attached hydrogen (secondary N) is 3. The van der Waals surface area contributed by atoms with Gasteiger partial charge in [-0.05, 0) is 68.1 Å². The Morgan fingerprint density at radius 3 is 2.55 bits per heavy atom. The van der Waals surface area contributed by atoms with Crippen molar-refractivity contribution in [3.8, 4) is 0 Å². The highest BCUT2D eigenvalue weighted by Gasteiger charge is 2.49. The first-order valence-corrected chi connectivity index (χ1v) is 15.0. The molecule has 0 radical (unpaired) electrons. The molecule has 1 fully saturated rings. The predicted octanol–water partition coefficient (Wildman–Crippen LogP) is 4.17. The van der Waals surface area contributed by atoms with Gasteiger partial charge in [0.25, 0.3) is 11.8 Å². The summed E-state index contributed by atoms with van der Waals surface area (Å²) >= 11 is 1.49. The summed E-state index contributed by atoms with van der Waals surface area (Å²) in [7, 11) is 0. The van der Waals surface area contributed by atoms with Crippen molar-refractivity contribution in [2.45, 2.75) is 56.7 Å². The van der Waals surface area contributed by atoms with E-state index in [9.17, 15) is 19.5 Å². The fourth-order valence-electron chi connectivity index (χ4n) is 5.40. The van der Waals surface area contributed by atoms with Gasteiger partial charge in [-0.2, -0.15) is 0 Å². The topological polar surface area (TPSA) is 115 Å². The minimum Gasteiger partial charge on any atom is -0.381 e. The number of nitrogens with zero attached hydrogens (tertiary/aromatic N) is 1. The maximum absolute atomic E-state index is 13.9. The molecule has 5 rings (SSSR count). The van der Waals surface area contributed by atoms with Crippen molar-refractivity contribution < 1.29 is 19.5 Å². The lowest BCUT2D eigenvalue weighted by Crippen LogP contribution is -2.58. The standard InChI is InChI=1S/C33H36N4O4S/c1-21-9-7-8-12-25(21)19-35-31(40)29-33(2,3)42-20-37(29)32(41)28(38)27(17-22-10-5-4-6-11-22)36-30(39)24-13-14-26-23(18-24)15-16-34-26/h4-16,18,27-29,34,38H,17,19-20H2,1-3H3,(H,35,40)(H,36,39)/t27-,28-,29+/m0/s1. The Labute approximate surface area is 249 Å². The molecule has 3 aromatic carbocycles. The van der Waals surface area contributed by atoms with Crippen LogP contribution < -0.4 is 10.6 Å². The Balaban J connectivity index is 1.36. The van der Waals surface area contributed by atoms with Crippen LogP contribution in [0.4, 0.5) is 0 Å². The third-order valence-corrected chi connectivity index (χ3v) is 9.23. The number of H-pyrrole nitrogens is 1. The summed E-state index contributed by atoms with van der Waals surface area (Å²) < 4.78 is -0.574. The summed E-state index contributed by atoms with van der Waals surface area (Å²) in [5, 5.41) is 18.3. The van der Waals surface area contributed by atoms with Crippen LogP contribution >= 0.6 is 11.8 Å². The predicted molar refractivity (Wildman–Crippen MR) is 166 cm³/mol. The summed E-state index contributed by atoms with van der Waals surface area (Å²) in [5.74, 6) is -1.01. The van der Waals surface area contributed by atoms with Crippen molar-refractivity contribution in [3.63, 3.8) is 0 Å². The SMILES string of the molecule is Cc1ccccc1CNC(=O)[C@H]1N(C(=O)[C@@H](O)[C@H](Cc2ccccc2)NC(=O)c2ccc3[nH]ccc3c2)CSC1(C)C. The maximum atomic E-state index is 13.9. The number of carbonyl (C=O) groups excluding carboxylic acids is 3. The number of aliphatic hydroxyl groups is 1. The second kappa shape index (κ2) is 12.4. The molecule has 4 N–H and O–H groups in total. The molecule has 1 aromatic heterocycles. The van der Waals surface area contributed by atoms with Gasteiger partial charge in [0, 0.05) is 34.0 Å². The molecule has 0 spiro atoms. The van der Waals surface area contributed by atoms with Gasteiger partial charge in [-0.15, -0.1) is 11.8 Å². The number of aromatic amines is 1. The highest BCUT2D eigenvalue weighted by Crippen LogP contribution is 2.40. The fraction of sp³-hybridized carbons (Fsp3) is 0.303. The average Bonchev–Trinajstić information content (AvgIpc) is 3.59. The first-order chi connectivity index (χ1) is 20.1. The third-order valence-electron chi connectivity index (χ3n) is 7.86. The number of rotatable bonds is 9. The molecule has 0 bridgehead atoms. The minimum atomic E-state index is -1.56. The molecule has 8 nitrogen and oxygen atoms in total. The zero-order chi connectivity index (χ0) is 29.9. The molecule has 0 aliphatic carbocycles. The number of fused-ring (bicyclic) bond motifs is 1. The summed E-state index contributed by atoms with van der Waals surface area (Å²) in [6.07, 6.45) is 0.475. The zero-order valence-corrected chi connectivity index (χ0v) is 24.8. The number of aryl methyl sites for hydroxylation is 1. The lowest BCUT2D eigenvalue weighted by atomic mass is 9.96. The molecule has 0 unspecified atom stereocenters. The molecule has 2 heterocycles. The van der Waals surface area contributed by atoms with Gasteiger partial charge in [0.15, 0.2) is 6.10 Å². The van der Waals surface area contributed by atoms with Crippen molar-refractivity contribution in [2.75, 3.05) is 5.88 Å². The van der Waals surface area contributed by atoms with E-state index in [1.807, 2.05) is 87.5 Å². The smallest absolute Gasteiger partial charge is 0.254 e. The number of carbonyl (C=O) groups is 3. The monoisotopic (exact) mass is 584 g/mol. The lowest BCUT2D eigenvalue weighted by Gasteiger charge is -2.33. The molecule has 1 saturated heterocycles. The van der Waals surface area contributed by atoms with Gasteiger partial charge in [-0.3, -0.25) is 14.4 Å². The molecule has 42 heavy (non-hydrogen) atoms. The van der Waals surface area contributed by atoms with Crippen LogP contribution in [0.1, 0.15) is 40.9 Å². The van der Waals surface area contributed by atoms with Gasteiger partial charge in [0.2, 0.25) is 5.91 Å². The summed E-state index contributed by atoms with van der Waals surface area (Å²) in [5.41, 5.74) is 4.25. The van der Waals surface area contributed by atoms with E-state index in [4.69, 9.17) is 0 Å². The van der Waals surface area contributed by atoms with Crippen LogP contribution in [0.2, 0.25) is 0 Å². The van der Waals surface area contributed by atoms with E-state index in [1.165, 1.54) is 16.7 Å². The first-order valence-electron chi connectivity index (χ1n) is 14.0. The molecule has 9 heteroatoms. The molecule has 1 aliphatic heterocycles. The molecule has 0 saturated carbocycles. The summed E-state index contributed by atoms with van der Waals surface area (Å²) in [4.78, 5) is 45.3. The quantitative estimate of drug-likeness (QED) is 0.236. The van der Waals surface area contributed by atoms with Crippen LogP contribution in [-0.2, 0) is 22.6 Å². The fourth-order valence-corrected chi connectivity index (χ4v) is 6.54. The van der Waals surface area contributed by atoms with E-state index < -0.39 is 34.7 Å². The van der Waals surface area contributed by atoms with Gasteiger partial charge >= 0.3 is 0 Å². The summed E-state index contributed by atoms with van der Waals surface area (Å²) in [6.45, 7) is 6.18. The number of benzene rings is 3. The van der Waals surface area contributed by atoms with Gasteiger partial charge < -0.3 is 25.6 Å². The normalized spacial score (nSPS) is 17.5. The molecular formula is C33H36N4O4S. The van der Waals surface area contributed by atoms with Crippen LogP contribution in [0.5, 0.6) is 0 Å². The van der Waals surface area contributed by atoms with Crippen LogP contribution in [-0.4, -0.2) is 61.5 Å². The Morgan fingerprint density at radius 1 is 1.05 bits per heavy atom. The van der Waals surface area contributed by atoms with Crippen molar-refractivity contribution in [1.82, 2.24) is 20.5 Å². The maximum Gasteiger partial charge on any atom is 0.254 e. The van der Waals surface area contributed by atoms with E-state index in [-0.39, 0.29) is 18.2 Å². The van der Waals surface area contributed by atoms with Gasteiger partial charge in [0.1, 0.15) is 6.04 Å². The molecule has 218 valence electrons. The largest absolute Gasteiger partial charge is 0.381 e. The molecule has 4 aromatic rings. The van der Waals surface area contributed by atoms with E-state index >= 15 is 0 Å². The van der Waals surface area contributed by atoms with Gasteiger partial charge in [-0.1, -0.05) is 54.6 Å². The van der Waals surface area contributed by atoms with Gasteiger partial charge in [0.05, 0.1) is 11.9 Å². The minimum absolute atomic E-state index is 0.237. The number of amides is 3. The number of aliphatic hydroxyl groups excluding tert-OH is 1. The Morgan fingerprint density at radius 2 is 1.79 bits per heavy atom. The van der Waals surface area contributed by atoms with Crippen molar-refractivity contribution in [2.24, 2.45) is 0 Å². The Hall–Kier alpha value is -4.08. The molecule has 1 aliphatic rings. The van der Waals surface area contributed by atoms with Gasteiger partial charge in [-0.25, -0.2) is 0 Å². The van der Waals surface area contributed by atoms with Crippen LogP contribution in [0.25, 0.3) is 10.9 Å². The van der Waals surface area contributed by atoms with Crippen molar-refractivity contribution in [1.29, 1.82) is 0 Å². The van der Waals surface area contributed by atoms with E-state index in [0.717, 1.165) is 27.6 Å². The second-order valence-corrected chi connectivity index (χ2v) is 12.8. The lowest BCUT2D eigenvalue weighted by molar-refractivity contribution is -0.147. The highest BCUT2D eigenvalue weighted by molar-refractivity contribution is 8.00. The third kappa shape index (κ3) is 6.37. The van der Waals surface area contributed by atoms with Crippen LogP contribution in [0.3, 0.4) is 0 Å². The van der Waals surface area contributed by atoms with E-state index in [2.05, 4.69) is 15.6 Å².